The highest BCUT2D eigenvalue weighted by Gasteiger charge is 2.22. The molecule has 0 atom stereocenters. The molecule has 1 aromatic carbocycles. The second-order valence-electron chi connectivity index (χ2n) is 6.28. The van der Waals surface area contributed by atoms with Crippen molar-refractivity contribution in [1.82, 2.24) is 10.2 Å². The number of methoxy groups -OCH3 is 1. The molecule has 1 heterocycles. The van der Waals surface area contributed by atoms with Crippen molar-refractivity contribution in [2.45, 2.75) is 38.6 Å². The number of carbonyl (C=O) groups excluding carboxylic acids is 1. The van der Waals surface area contributed by atoms with Crippen LogP contribution in [0.1, 0.15) is 48.5 Å². The van der Waals surface area contributed by atoms with E-state index in [1.165, 1.54) is 19.2 Å². The summed E-state index contributed by atoms with van der Waals surface area (Å²) >= 11 is 0. The minimum atomic E-state index is -0.491. The van der Waals surface area contributed by atoms with E-state index in [9.17, 15) is 9.18 Å². The van der Waals surface area contributed by atoms with E-state index in [2.05, 4.69) is 17.3 Å². The maximum Gasteiger partial charge on any atom is 0.254 e. The number of hydrogen-bond acceptors (Lipinski definition) is 3. The number of nitrogens with zero attached hydrogens (tertiary/aromatic N) is 1. The molecule has 5 heteroatoms. The summed E-state index contributed by atoms with van der Waals surface area (Å²) in [6.45, 7) is 5.83. The summed E-state index contributed by atoms with van der Waals surface area (Å²) in [5, 5.41) is 2.94. The predicted octanol–water partition coefficient (Wildman–Crippen LogP) is 2.78. The Kier molecular flexibility index (Phi) is 5.40. The third-order valence-corrected chi connectivity index (χ3v) is 4.24. The molecule has 1 saturated heterocycles. The zero-order valence-corrected chi connectivity index (χ0v) is 13.8. The molecule has 2 rings (SSSR count). The van der Waals surface area contributed by atoms with Gasteiger partial charge in [0.2, 0.25) is 0 Å². The number of halogens is 1. The molecule has 1 amide bonds. The maximum absolute atomic E-state index is 14.3. The van der Waals surface area contributed by atoms with Gasteiger partial charge in [-0.25, -0.2) is 4.39 Å². The third-order valence-electron chi connectivity index (χ3n) is 4.24. The number of carbonyl (C=O) groups is 1. The number of ether oxygens (including phenoxy) is 1. The summed E-state index contributed by atoms with van der Waals surface area (Å²) in [7, 11) is 3.60. The van der Waals surface area contributed by atoms with Gasteiger partial charge < -0.3 is 15.0 Å². The fourth-order valence-electron chi connectivity index (χ4n) is 2.79. The first-order valence-electron chi connectivity index (χ1n) is 7.79. The van der Waals surface area contributed by atoms with E-state index in [1.807, 2.05) is 13.8 Å². The second-order valence-corrected chi connectivity index (χ2v) is 6.28. The Labute approximate surface area is 131 Å². The van der Waals surface area contributed by atoms with Crippen LogP contribution in [0.15, 0.2) is 12.1 Å². The molecular weight excluding hydrogens is 283 g/mol. The van der Waals surface area contributed by atoms with E-state index in [0.717, 1.165) is 31.5 Å². The van der Waals surface area contributed by atoms with E-state index in [-0.39, 0.29) is 23.4 Å². The molecule has 0 aromatic heterocycles. The third kappa shape index (κ3) is 3.77. The van der Waals surface area contributed by atoms with Gasteiger partial charge in [0.1, 0.15) is 11.6 Å². The quantitative estimate of drug-likeness (QED) is 0.930. The Hall–Kier alpha value is -1.62. The Balaban J connectivity index is 2.15. The highest BCUT2D eigenvalue weighted by molar-refractivity contribution is 5.95. The standard InChI is InChI=1S/C17H25FN2O2/c1-11(2)13-9-15(18)14(10-16(13)22-4)17(21)19-12-5-7-20(3)8-6-12/h9-12H,5-8H2,1-4H3,(H,19,21). The van der Waals surface area contributed by atoms with E-state index in [4.69, 9.17) is 4.74 Å². The van der Waals surface area contributed by atoms with E-state index >= 15 is 0 Å². The van der Waals surface area contributed by atoms with E-state index in [1.54, 1.807) is 0 Å². The lowest BCUT2D eigenvalue weighted by atomic mass is 9.99. The van der Waals surface area contributed by atoms with Crippen molar-refractivity contribution in [1.29, 1.82) is 0 Å². The van der Waals surface area contributed by atoms with Crippen LogP contribution in [0.4, 0.5) is 4.39 Å². The van der Waals surface area contributed by atoms with Crippen LogP contribution in [-0.4, -0.2) is 44.1 Å². The van der Waals surface area contributed by atoms with Crippen LogP contribution in [0.5, 0.6) is 5.75 Å². The van der Waals surface area contributed by atoms with Crippen molar-refractivity contribution in [2.75, 3.05) is 27.2 Å². The summed E-state index contributed by atoms with van der Waals surface area (Å²) < 4.78 is 19.6. The number of amides is 1. The fraction of sp³-hybridized carbons (Fsp3) is 0.588. The predicted molar refractivity (Wildman–Crippen MR) is 85.0 cm³/mol. The highest BCUT2D eigenvalue weighted by Crippen LogP contribution is 2.29. The molecule has 1 N–H and O–H groups in total. The van der Waals surface area contributed by atoms with Crippen LogP contribution in [0, 0.1) is 5.82 Å². The lowest BCUT2D eigenvalue weighted by Crippen LogP contribution is -2.43. The van der Waals surface area contributed by atoms with Gasteiger partial charge in [-0.1, -0.05) is 13.8 Å². The van der Waals surface area contributed by atoms with Crippen LogP contribution < -0.4 is 10.1 Å². The van der Waals surface area contributed by atoms with Gasteiger partial charge in [-0.05, 0) is 56.6 Å². The summed E-state index contributed by atoms with van der Waals surface area (Å²) in [6, 6.07) is 3.03. The van der Waals surface area contributed by atoms with Crippen molar-refractivity contribution in [3.63, 3.8) is 0 Å². The first-order valence-corrected chi connectivity index (χ1v) is 7.79. The Bertz CT molecular complexity index is 538. The monoisotopic (exact) mass is 308 g/mol. The van der Waals surface area contributed by atoms with Crippen molar-refractivity contribution in [2.24, 2.45) is 0 Å². The molecule has 1 aliphatic rings. The van der Waals surface area contributed by atoms with Crippen molar-refractivity contribution in [3.05, 3.63) is 29.1 Å². The van der Waals surface area contributed by atoms with Gasteiger partial charge in [0.25, 0.3) is 5.91 Å². The molecular formula is C17H25FN2O2. The largest absolute Gasteiger partial charge is 0.496 e. The number of piperidine rings is 1. The van der Waals surface area contributed by atoms with Crippen molar-refractivity contribution < 1.29 is 13.9 Å². The molecule has 0 radical (unpaired) electrons. The van der Waals surface area contributed by atoms with Crippen molar-refractivity contribution in [3.8, 4) is 5.75 Å². The number of hydrogen-bond donors (Lipinski definition) is 1. The average Bonchev–Trinajstić information content (AvgIpc) is 2.49. The molecule has 0 unspecified atom stereocenters. The first kappa shape index (κ1) is 16.7. The van der Waals surface area contributed by atoms with E-state index < -0.39 is 5.82 Å². The zero-order valence-electron chi connectivity index (χ0n) is 13.8. The smallest absolute Gasteiger partial charge is 0.254 e. The Morgan fingerprint density at radius 1 is 1.36 bits per heavy atom. The van der Waals surface area contributed by atoms with Crippen LogP contribution in [0.2, 0.25) is 0 Å². The summed E-state index contributed by atoms with van der Waals surface area (Å²) in [4.78, 5) is 14.6. The van der Waals surface area contributed by atoms with Gasteiger partial charge in [0.05, 0.1) is 12.7 Å². The van der Waals surface area contributed by atoms with Gasteiger partial charge in [-0.3, -0.25) is 4.79 Å². The van der Waals surface area contributed by atoms with E-state index in [0.29, 0.717) is 5.75 Å². The van der Waals surface area contributed by atoms with Crippen molar-refractivity contribution >= 4 is 5.91 Å². The number of nitrogens with one attached hydrogen (secondary N) is 1. The lowest BCUT2D eigenvalue weighted by Gasteiger charge is -2.29. The second kappa shape index (κ2) is 7.09. The van der Waals surface area contributed by atoms with Crippen LogP contribution in [0.25, 0.3) is 0 Å². The minimum absolute atomic E-state index is 0.0557. The molecule has 1 aliphatic heterocycles. The van der Waals surface area contributed by atoms with Gasteiger partial charge in [-0.15, -0.1) is 0 Å². The molecule has 1 fully saturated rings. The summed E-state index contributed by atoms with van der Waals surface area (Å²) in [5.74, 6) is -0.157. The molecule has 0 spiro atoms. The number of likely N-dealkylation sites (tertiary alicyclic amines) is 1. The topological polar surface area (TPSA) is 41.6 Å². The number of rotatable bonds is 4. The molecule has 0 aliphatic carbocycles. The average molecular weight is 308 g/mol. The molecule has 4 nitrogen and oxygen atoms in total. The SMILES string of the molecule is COc1cc(C(=O)NC2CCN(C)CC2)c(F)cc1C(C)C. The first-order chi connectivity index (χ1) is 10.4. The molecule has 0 saturated carbocycles. The van der Waals surface area contributed by atoms with Gasteiger partial charge in [-0.2, -0.15) is 0 Å². The van der Waals surface area contributed by atoms with Crippen LogP contribution in [0.3, 0.4) is 0 Å². The van der Waals surface area contributed by atoms with Crippen LogP contribution in [-0.2, 0) is 0 Å². The minimum Gasteiger partial charge on any atom is -0.496 e. The van der Waals surface area contributed by atoms with Gasteiger partial charge in [0.15, 0.2) is 0 Å². The summed E-state index contributed by atoms with van der Waals surface area (Å²) in [5.41, 5.74) is 0.830. The van der Waals surface area contributed by atoms with Crippen LogP contribution >= 0.6 is 0 Å². The lowest BCUT2D eigenvalue weighted by molar-refractivity contribution is 0.0912. The maximum atomic E-state index is 14.3. The van der Waals surface area contributed by atoms with Gasteiger partial charge in [0, 0.05) is 6.04 Å². The van der Waals surface area contributed by atoms with Gasteiger partial charge >= 0.3 is 0 Å². The molecule has 0 bridgehead atoms. The number of benzene rings is 1. The Morgan fingerprint density at radius 2 is 2.00 bits per heavy atom. The summed E-state index contributed by atoms with van der Waals surface area (Å²) in [6.07, 6.45) is 1.79. The molecule has 22 heavy (non-hydrogen) atoms. The highest BCUT2D eigenvalue weighted by atomic mass is 19.1. The molecule has 122 valence electrons. The zero-order chi connectivity index (χ0) is 16.3. The normalized spacial score (nSPS) is 16.8. The Morgan fingerprint density at radius 3 is 2.55 bits per heavy atom. The molecule has 1 aromatic rings. The fourth-order valence-corrected chi connectivity index (χ4v) is 2.79.